The second-order valence-corrected chi connectivity index (χ2v) is 11.6. The lowest BCUT2D eigenvalue weighted by Gasteiger charge is -2.43. The molecule has 1 amide bonds. The first-order valence-corrected chi connectivity index (χ1v) is 10.8. The maximum atomic E-state index is 11.5. The average molecular weight is 356 g/mol. The van der Waals surface area contributed by atoms with E-state index in [1.165, 1.54) is 10.4 Å². The minimum Gasteiger partial charge on any atom is -0.407 e. The summed E-state index contributed by atoms with van der Waals surface area (Å²) >= 11 is 0. The Morgan fingerprint density at radius 1 is 0.960 bits per heavy atom. The smallest absolute Gasteiger partial charge is 0.261 e. The van der Waals surface area contributed by atoms with E-state index in [0.29, 0.717) is 13.0 Å². The van der Waals surface area contributed by atoms with E-state index in [1.54, 1.807) is 7.05 Å². The van der Waals surface area contributed by atoms with Crippen molar-refractivity contribution in [2.45, 2.75) is 38.7 Å². The molecule has 25 heavy (non-hydrogen) atoms. The molecule has 134 valence electrons. The lowest BCUT2D eigenvalue weighted by atomic mass is 10.2. The summed E-state index contributed by atoms with van der Waals surface area (Å²) < 4.78 is 6.72. The number of carbonyl (C=O) groups excluding carboxylic acids is 1. The SMILES string of the molecule is CNC(=O)CCCO[Si](c1ccccc1)(c1ccccc1)C(C)(C)C. The van der Waals surface area contributed by atoms with Gasteiger partial charge in [-0.05, 0) is 21.8 Å². The fourth-order valence-corrected chi connectivity index (χ4v) is 7.95. The number of amides is 1. The van der Waals surface area contributed by atoms with Gasteiger partial charge in [0.25, 0.3) is 8.32 Å². The Kier molecular flexibility index (Phi) is 6.56. The molecule has 0 radical (unpaired) electrons. The molecule has 0 saturated heterocycles. The summed E-state index contributed by atoms with van der Waals surface area (Å²) in [7, 11) is -0.791. The van der Waals surface area contributed by atoms with Gasteiger partial charge >= 0.3 is 0 Å². The average Bonchev–Trinajstić information content (AvgIpc) is 2.62. The van der Waals surface area contributed by atoms with E-state index in [-0.39, 0.29) is 10.9 Å². The molecular formula is C21H29NO2Si. The highest BCUT2D eigenvalue weighted by molar-refractivity contribution is 6.99. The third-order valence-electron chi connectivity index (χ3n) is 4.56. The topological polar surface area (TPSA) is 38.3 Å². The number of nitrogens with one attached hydrogen (secondary N) is 1. The van der Waals surface area contributed by atoms with Gasteiger partial charge in [0.2, 0.25) is 5.91 Å². The Morgan fingerprint density at radius 3 is 1.84 bits per heavy atom. The van der Waals surface area contributed by atoms with Gasteiger partial charge in [0, 0.05) is 20.1 Å². The molecule has 0 aliphatic carbocycles. The minimum atomic E-state index is -2.46. The summed E-state index contributed by atoms with van der Waals surface area (Å²) in [5.41, 5.74) is 0. The molecule has 4 heteroatoms. The molecule has 0 spiro atoms. The van der Waals surface area contributed by atoms with E-state index in [2.05, 4.69) is 74.6 Å². The van der Waals surface area contributed by atoms with Crippen molar-refractivity contribution in [3.05, 3.63) is 60.7 Å². The van der Waals surface area contributed by atoms with Gasteiger partial charge in [-0.3, -0.25) is 4.79 Å². The summed E-state index contributed by atoms with van der Waals surface area (Å²) in [5.74, 6) is 0.0612. The zero-order valence-electron chi connectivity index (χ0n) is 15.7. The van der Waals surface area contributed by atoms with Crippen molar-refractivity contribution in [1.29, 1.82) is 0 Å². The molecule has 0 heterocycles. The second-order valence-electron chi connectivity index (χ2n) is 7.29. The Balaban J connectivity index is 2.40. The van der Waals surface area contributed by atoms with Gasteiger partial charge < -0.3 is 9.74 Å². The molecule has 0 aromatic heterocycles. The van der Waals surface area contributed by atoms with Crippen LogP contribution in [-0.2, 0) is 9.22 Å². The highest BCUT2D eigenvalue weighted by Crippen LogP contribution is 2.36. The monoisotopic (exact) mass is 355 g/mol. The Morgan fingerprint density at radius 2 is 1.44 bits per heavy atom. The molecule has 0 saturated carbocycles. The lowest BCUT2D eigenvalue weighted by Crippen LogP contribution is -2.66. The van der Waals surface area contributed by atoms with E-state index in [4.69, 9.17) is 4.43 Å². The molecule has 3 nitrogen and oxygen atoms in total. The molecule has 0 aliphatic rings. The van der Waals surface area contributed by atoms with Crippen LogP contribution in [0.2, 0.25) is 5.04 Å². The molecule has 0 aliphatic heterocycles. The Labute approximate surface area is 152 Å². The van der Waals surface area contributed by atoms with E-state index >= 15 is 0 Å². The molecule has 1 N–H and O–H groups in total. The van der Waals surface area contributed by atoms with E-state index < -0.39 is 8.32 Å². The molecule has 2 rings (SSSR count). The summed E-state index contributed by atoms with van der Waals surface area (Å²) in [6.07, 6.45) is 1.22. The molecule has 0 atom stereocenters. The van der Waals surface area contributed by atoms with Crippen LogP contribution in [0.4, 0.5) is 0 Å². The van der Waals surface area contributed by atoms with Crippen LogP contribution in [-0.4, -0.2) is 27.9 Å². The van der Waals surface area contributed by atoms with Crippen molar-refractivity contribution in [2.75, 3.05) is 13.7 Å². The van der Waals surface area contributed by atoms with Crippen LogP contribution < -0.4 is 15.7 Å². The summed E-state index contributed by atoms with van der Waals surface area (Å²) in [6.45, 7) is 7.37. The van der Waals surface area contributed by atoms with Gasteiger partial charge in [0.15, 0.2) is 0 Å². The predicted molar refractivity (Wildman–Crippen MR) is 107 cm³/mol. The highest BCUT2D eigenvalue weighted by Gasteiger charge is 2.49. The van der Waals surface area contributed by atoms with Gasteiger partial charge in [-0.2, -0.15) is 0 Å². The van der Waals surface area contributed by atoms with Crippen LogP contribution in [0.3, 0.4) is 0 Å². The summed E-state index contributed by atoms with van der Waals surface area (Å²) in [6, 6.07) is 21.2. The van der Waals surface area contributed by atoms with Gasteiger partial charge in [0.05, 0.1) is 0 Å². The third-order valence-corrected chi connectivity index (χ3v) is 9.60. The van der Waals surface area contributed by atoms with E-state index in [9.17, 15) is 4.79 Å². The van der Waals surface area contributed by atoms with Crippen molar-refractivity contribution >= 4 is 24.6 Å². The van der Waals surface area contributed by atoms with Gasteiger partial charge in [-0.1, -0.05) is 81.4 Å². The second kappa shape index (κ2) is 8.45. The van der Waals surface area contributed by atoms with Gasteiger partial charge in [-0.25, -0.2) is 0 Å². The van der Waals surface area contributed by atoms with Crippen molar-refractivity contribution < 1.29 is 9.22 Å². The largest absolute Gasteiger partial charge is 0.407 e. The number of benzene rings is 2. The number of carbonyl (C=O) groups is 1. The predicted octanol–water partition coefficient (Wildman–Crippen LogP) is 3.09. The lowest BCUT2D eigenvalue weighted by molar-refractivity contribution is -0.120. The Bertz CT molecular complexity index is 626. The van der Waals surface area contributed by atoms with Crippen LogP contribution >= 0.6 is 0 Å². The van der Waals surface area contributed by atoms with Crippen molar-refractivity contribution in [3.63, 3.8) is 0 Å². The van der Waals surface area contributed by atoms with E-state index in [1.807, 2.05) is 12.1 Å². The maximum absolute atomic E-state index is 11.5. The first kappa shape index (κ1) is 19.4. The summed E-state index contributed by atoms with van der Waals surface area (Å²) in [5, 5.41) is 5.19. The molecule has 2 aromatic carbocycles. The standard InChI is InChI=1S/C21H29NO2Si/c1-21(2,3)25(18-12-7-5-8-13-18,19-14-9-6-10-15-19)24-17-11-16-20(23)22-4/h5-10,12-15H,11,16-17H2,1-4H3,(H,22,23). The molecule has 0 unspecified atom stereocenters. The number of rotatable bonds is 7. The fourth-order valence-electron chi connectivity index (χ4n) is 3.34. The van der Waals surface area contributed by atoms with Crippen molar-refractivity contribution in [3.8, 4) is 0 Å². The van der Waals surface area contributed by atoms with Crippen molar-refractivity contribution in [1.82, 2.24) is 5.32 Å². The highest BCUT2D eigenvalue weighted by atomic mass is 28.4. The molecule has 0 fully saturated rings. The summed E-state index contributed by atoms with van der Waals surface area (Å²) in [4.78, 5) is 11.5. The Hall–Kier alpha value is -1.91. The van der Waals surface area contributed by atoms with Crippen molar-refractivity contribution in [2.24, 2.45) is 0 Å². The third kappa shape index (κ3) is 4.38. The van der Waals surface area contributed by atoms with Crippen LogP contribution in [0.1, 0.15) is 33.6 Å². The zero-order valence-corrected chi connectivity index (χ0v) is 16.7. The number of hydrogen-bond acceptors (Lipinski definition) is 2. The molecule has 0 bridgehead atoms. The first-order chi connectivity index (χ1) is 11.9. The van der Waals surface area contributed by atoms with Gasteiger partial charge in [0.1, 0.15) is 0 Å². The van der Waals surface area contributed by atoms with Gasteiger partial charge in [-0.15, -0.1) is 0 Å². The number of hydrogen-bond donors (Lipinski definition) is 1. The first-order valence-electron chi connectivity index (χ1n) is 8.87. The van der Waals surface area contributed by atoms with Crippen LogP contribution in [0.25, 0.3) is 0 Å². The van der Waals surface area contributed by atoms with Crippen LogP contribution in [0.15, 0.2) is 60.7 Å². The minimum absolute atomic E-state index is 0.0251. The normalized spacial score (nSPS) is 12.0. The zero-order chi connectivity index (χ0) is 18.3. The molecule has 2 aromatic rings. The quantitative estimate of drug-likeness (QED) is 0.612. The maximum Gasteiger partial charge on any atom is 0.261 e. The van der Waals surface area contributed by atoms with Crippen LogP contribution in [0, 0.1) is 0 Å². The van der Waals surface area contributed by atoms with E-state index in [0.717, 1.165) is 6.42 Å². The van der Waals surface area contributed by atoms with Crippen LogP contribution in [0.5, 0.6) is 0 Å². The molecular weight excluding hydrogens is 326 g/mol. The fraction of sp³-hybridized carbons (Fsp3) is 0.381.